The number of thiophene rings is 1. The minimum absolute atomic E-state index is 0.0208. The van der Waals surface area contributed by atoms with Gasteiger partial charge in [0.25, 0.3) is 5.56 Å². The Hall–Kier alpha value is -2.32. The van der Waals surface area contributed by atoms with E-state index in [2.05, 4.69) is 16.9 Å². The van der Waals surface area contributed by atoms with Crippen molar-refractivity contribution >= 4 is 39.2 Å². The van der Waals surface area contributed by atoms with Crippen LogP contribution in [-0.2, 0) is 11.3 Å². The molecule has 8 heteroatoms. The van der Waals surface area contributed by atoms with Gasteiger partial charge in [-0.15, -0.1) is 17.9 Å². The quantitative estimate of drug-likeness (QED) is 0.310. The zero-order valence-electron chi connectivity index (χ0n) is 16.8. The number of aromatic nitrogens is 2. The van der Waals surface area contributed by atoms with E-state index in [0.29, 0.717) is 33.6 Å². The van der Waals surface area contributed by atoms with Crippen LogP contribution in [0.2, 0.25) is 0 Å². The van der Waals surface area contributed by atoms with E-state index in [1.165, 1.54) is 55.2 Å². The van der Waals surface area contributed by atoms with E-state index in [1.807, 2.05) is 11.4 Å². The molecule has 0 radical (unpaired) electrons. The molecule has 3 heterocycles. The molecule has 3 aromatic rings. The molecule has 0 aliphatic heterocycles. The molecule has 1 N–H and O–H groups in total. The fourth-order valence-corrected chi connectivity index (χ4v) is 5.66. The van der Waals surface area contributed by atoms with Crippen LogP contribution < -0.4 is 10.9 Å². The molecule has 1 aliphatic carbocycles. The van der Waals surface area contributed by atoms with E-state index in [9.17, 15) is 9.59 Å². The van der Waals surface area contributed by atoms with Gasteiger partial charge in [0.2, 0.25) is 5.91 Å². The van der Waals surface area contributed by atoms with Crippen molar-refractivity contribution < 1.29 is 9.21 Å². The molecule has 4 rings (SSSR count). The summed E-state index contributed by atoms with van der Waals surface area (Å²) < 4.78 is 7.06. The molecule has 1 fully saturated rings. The second kappa shape index (κ2) is 9.66. The van der Waals surface area contributed by atoms with Crippen LogP contribution in [0.1, 0.15) is 32.1 Å². The maximum atomic E-state index is 13.2. The van der Waals surface area contributed by atoms with Gasteiger partial charge in [0.05, 0.1) is 17.4 Å². The third-order valence-corrected chi connectivity index (χ3v) is 7.25. The lowest BCUT2D eigenvalue weighted by Gasteiger charge is -2.21. The SMILES string of the molecule is C=CCn1c(SCC(=O)NCC2CCCCC2)nc2scc(-c3ccco3)c2c1=O. The highest BCUT2D eigenvalue weighted by atomic mass is 32.2. The van der Waals surface area contributed by atoms with E-state index in [4.69, 9.17) is 4.42 Å². The van der Waals surface area contributed by atoms with Crippen LogP contribution in [0.4, 0.5) is 0 Å². The number of carbonyl (C=O) groups excluding carboxylic acids is 1. The van der Waals surface area contributed by atoms with Gasteiger partial charge >= 0.3 is 0 Å². The molecular formula is C22H25N3O3S2. The van der Waals surface area contributed by atoms with E-state index in [1.54, 1.807) is 23.0 Å². The zero-order valence-corrected chi connectivity index (χ0v) is 18.4. The van der Waals surface area contributed by atoms with Crippen LogP contribution in [0.25, 0.3) is 21.5 Å². The molecule has 0 unspecified atom stereocenters. The Morgan fingerprint density at radius 2 is 2.23 bits per heavy atom. The number of hydrogen-bond donors (Lipinski definition) is 1. The van der Waals surface area contributed by atoms with Gasteiger partial charge in [0.1, 0.15) is 10.6 Å². The molecule has 158 valence electrons. The van der Waals surface area contributed by atoms with Gasteiger partial charge in [-0.2, -0.15) is 0 Å². The lowest BCUT2D eigenvalue weighted by Crippen LogP contribution is -2.31. The molecule has 0 bridgehead atoms. The van der Waals surface area contributed by atoms with Gasteiger partial charge in [-0.05, 0) is 30.9 Å². The molecule has 0 atom stereocenters. The Morgan fingerprint density at radius 3 is 2.97 bits per heavy atom. The normalized spacial score (nSPS) is 14.8. The monoisotopic (exact) mass is 443 g/mol. The first kappa shape index (κ1) is 20.9. The van der Waals surface area contributed by atoms with Crippen molar-refractivity contribution in [3.8, 4) is 11.3 Å². The van der Waals surface area contributed by atoms with Gasteiger partial charge in [0.15, 0.2) is 5.16 Å². The first-order valence-electron chi connectivity index (χ1n) is 10.2. The van der Waals surface area contributed by atoms with Crippen molar-refractivity contribution in [3.63, 3.8) is 0 Å². The van der Waals surface area contributed by atoms with E-state index >= 15 is 0 Å². The largest absolute Gasteiger partial charge is 0.464 e. The molecular weight excluding hydrogens is 418 g/mol. The first-order chi connectivity index (χ1) is 14.7. The summed E-state index contributed by atoms with van der Waals surface area (Å²) in [5.41, 5.74) is 0.606. The Kier molecular flexibility index (Phi) is 6.74. The maximum Gasteiger partial charge on any atom is 0.263 e. The molecule has 0 saturated heterocycles. The fourth-order valence-electron chi connectivity index (χ4n) is 3.85. The highest BCUT2D eigenvalue weighted by molar-refractivity contribution is 7.99. The third kappa shape index (κ3) is 4.54. The summed E-state index contributed by atoms with van der Waals surface area (Å²) in [6, 6.07) is 3.63. The molecule has 6 nitrogen and oxygen atoms in total. The fraction of sp³-hybridized carbons (Fsp3) is 0.409. The Bertz CT molecular complexity index is 1080. The number of amides is 1. The Morgan fingerprint density at radius 1 is 1.40 bits per heavy atom. The number of nitrogens with zero attached hydrogens (tertiary/aromatic N) is 2. The van der Waals surface area contributed by atoms with Crippen molar-refractivity contribution in [3.05, 3.63) is 46.8 Å². The first-order valence-corrected chi connectivity index (χ1v) is 12.1. The summed E-state index contributed by atoms with van der Waals surface area (Å²) in [7, 11) is 0. The highest BCUT2D eigenvalue weighted by Crippen LogP contribution is 2.32. The number of fused-ring (bicyclic) bond motifs is 1. The maximum absolute atomic E-state index is 13.2. The topological polar surface area (TPSA) is 77.1 Å². The standard InChI is InChI=1S/C22H25N3O3S2/c1-2-10-25-21(27)19-16(17-9-6-11-28-17)13-29-20(19)24-22(25)30-14-18(26)23-12-15-7-4-3-5-8-15/h2,6,9,11,13,15H,1,3-5,7-8,10,12,14H2,(H,23,26). The number of carbonyl (C=O) groups is 1. The van der Waals surface area contributed by atoms with Crippen molar-refractivity contribution in [2.45, 2.75) is 43.8 Å². The number of allylic oxidation sites excluding steroid dienone is 1. The Balaban J connectivity index is 1.51. The summed E-state index contributed by atoms with van der Waals surface area (Å²) >= 11 is 2.70. The highest BCUT2D eigenvalue weighted by Gasteiger charge is 2.19. The molecule has 1 amide bonds. The van der Waals surface area contributed by atoms with Gasteiger partial charge in [0, 0.05) is 24.0 Å². The Labute approximate surface area is 183 Å². The number of nitrogens with one attached hydrogen (secondary N) is 1. The number of rotatable bonds is 8. The average Bonchev–Trinajstić information content (AvgIpc) is 3.43. The van der Waals surface area contributed by atoms with Crippen LogP contribution in [0.15, 0.2) is 50.8 Å². The predicted octanol–water partition coefficient (Wildman–Crippen LogP) is 4.69. The second-order valence-electron chi connectivity index (χ2n) is 7.50. The molecule has 30 heavy (non-hydrogen) atoms. The van der Waals surface area contributed by atoms with Gasteiger partial charge in [-0.25, -0.2) is 4.98 Å². The predicted molar refractivity (Wildman–Crippen MR) is 122 cm³/mol. The zero-order chi connectivity index (χ0) is 20.9. The summed E-state index contributed by atoms with van der Waals surface area (Å²) in [5.74, 6) is 1.45. The van der Waals surface area contributed by atoms with Crippen LogP contribution in [0.5, 0.6) is 0 Å². The molecule has 1 aliphatic rings. The van der Waals surface area contributed by atoms with Crippen molar-refractivity contribution in [2.75, 3.05) is 12.3 Å². The minimum Gasteiger partial charge on any atom is -0.464 e. The number of furan rings is 1. The summed E-state index contributed by atoms with van der Waals surface area (Å²) in [5, 5.41) is 6.01. The van der Waals surface area contributed by atoms with Crippen molar-refractivity contribution in [1.82, 2.24) is 14.9 Å². The van der Waals surface area contributed by atoms with E-state index in [0.717, 1.165) is 12.1 Å². The van der Waals surface area contributed by atoms with Gasteiger partial charge in [-0.3, -0.25) is 14.2 Å². The molecule has 3 aromatic heterocycles. The van der Waals surface area contributed by atoms with Crippen LogP contribution >= 0.6 is 23.1 Å². The average molecular weight is 444 g/mol. The minimum atomic E-state index is -0.141. The van der Waals surface area contributed by atoms with Crippen LogP contribution in [0.3, 0.4) is 0 Å². The second-order valence-corrected chi connectivity index (χ2v) is 9.30. The van der Waals surface area contributed by atoms with Crippen LogP contribution in [0, 0.1) is 5.92 Å². The van der Waals surface area contributed by atoms with Crippen LogP contribution in [-0.4, -0.2) is 27.8 Å². The van der Waals surface area contributed by atoms with Gasteiger partial charge in [-0.1, -0.05) is 37.1 Å². The van der Waals surface area contributed by atoms with Gasteiger partial charge < -0.3 is 9.73 Å². The summed E-state index contributed by atoms with van der Waals surface area (Å²) in [6.45, 7) is 4.84. The number of hydrogen-bond acceptors (Lipinski definition) is 6. The van der Waals surface area contributed by atoms with Crippen molar-refractivity contribution in [2.24, 2.45) is 5.92 Å². The molecule has 0 aromatic carbocycles. The lowest BCUT2D eigenvalue weighted by molar-refractivity contribution is -0.118. The third-order valence-electron chi connectivity index (χ3n) is 5.40. The number of thioether (sulfide) groups is 1. The van der Waals surface area contributed by atoms with Crippen molar-refractivity contribution in [1.29, 1.82) is 0 Å². The lowest BCUT2D eigenvalue weighted by atomic mass is 9.89. The smallest absolute Gasteiger partial charge is 0.263 e. The summed E-state index contributed by atoms with van der Waals surface area (Å²) in [4.78, 5) is 30.9. The summed E-state index contributed by atoms with van der Waals surface area (Å²) in [6.07, 6.45) is 9.47. The van der Waals surface area contributed by atoms with E-state index < -0.39 is 0 Å². The van der Waals surface area contributed by atoms with E-state index in [-0.39, 0.29) is 17.2 Å². The molecule has 1 saturated carbocycles. The molecule has 0 spiro atoms.